The van der Waals surface area contributed by atoms with Crippen molar-refractivity contribution in [3.05, 3.63) is 23.9 Å². The van der Waals surface area contributed by atoms with E-state index in [9.17, 15) is 14.4 Å². The van der Waals surface area contributed by atoms with Crippen molar-refractivity contribution in [1.29, 1.82) is 0 Å². The smallest absolute Gasteiger partial charge is 0.327 e. The summed E-state index contributed by atoms with van der Waals surface area (Å²) in [4.78, 5) is 45.9. The van der Waals surface area contributed by atoms with E-state index in [0.29, 0.717) is 38.0 Å². The number of piperidine rings is 1. The minimum atomic E-state index is -0.750. The second kappa shape index (κ2) is 6.59. The Balaban J connectivity index is 1.78. The topological polar surface area (TPSA) is 99.8 Å². The van der Waals surface area contributed by atoms with Crippen molar-refractivity contribution >= 4 is 23.7 Å². The summed E-state index contributed by atoms with van der Waals surface area (Å²) in [7, 11) is 1.56. The van der Waals surface area contributed by atoms with Crippen LogP contribution in [0, 0.1) is 5.92 Å². The van der Waals surface area contributed by atoms with Crippen LogP contribution >= 0.6 is 0 Å². The van der Waals surface area contributed by atoms with E-state index in [1.807, 2.05) is 13.8 Å². The Morgan fingerprint density at radius 3 is 2.42 bits per heavy atom. The highest BCUT2D eigenvalue weighted by Gasteiger charge is 2.56. The molecule has 26 heavy (non-hydrogen) atoms. The summed E-state index contributed by atoms with van der Waals surface area (Å²) in [6, 6.07) is 3.21. The summed E-state index contributed by atoms with van der Waals surface area (Å²) in [5.74, 6) is 0.408. The van der Waals surface area contributed by atoms with Crippen molar-refractivity contribution in [2.75, 3.05) is 31.6 Å². The van der Waals surface area contributed by atoms with E-state index in [1.165, 1.54) is 11.1 Å². The minimum Gasteiger partial charge on any atom is -0.366 e. The zero-order valence-electron chi connectivity index (χ0n) is 15.4. The first-order valence-electron chi connectivity index (χ1n) is 8.87. The molecule has 1 spiro atoms. The van der Waals surface area contributed by atoms with E-state index in [-0.39, 0.29) is 17.9 Å². The van der Waals surface area contributed by atoms with Crippen LogP contribution in [0.4, 0.5) is 10.6 Å². The van der Waals surface area contributed by atoms with Gasteiger partial charge >= 0.3 is 6.03 Å². The van der Waals surface area contributed by atoms with Crippen LogP contribution in [0.1, 0.15) is 37.0 Å². The van der Waals surface area contributed by atoms with E-state index in [0.717, 1.165) is 5.82 Å². The maximum Gasteiger partial charge on any atom is 0.327 e. The number of amides is 4. The fourth-order valence-electron chi connectivity index (χ4n) is 3.81. The molecule has 8 heteroatoms. The molecule has 0 saturated carbocycles. The number of nitrogens with zero attached hydrogens (tertiary/aromatic N) is 4. The van der Waals surface area contributed by atoms with Crippen molar-refractivity contribution in [2.45, 2.75) is 32.2 Å². The van der Waals surface area contributed by atoms with E-state index in [4.69, 9.17) is 5.73 Å². The molecule has 140 valence electrons. The molecule has 0 unspecified atom stereocenters. The number of primary amides is 1. The summed E-state index contributed by atoms with van der Waals surface area (Å²) in [5, 5.41) is 0. The lowest BCUT2D eigenvalue weighted by molar-refractivity contribution is -0.133. The van der Waals surface area contributed by atoms with E-state index in [2.05, 4.69) is 9.88 Å². The molecule has 2 fully saturated rings. The summed E-state index contributed by atoms with van der Waals surface area (Å²) in [6.07, 6.45) is 2.59. The molecular formula is C18H25N5O3. The summed E-state index contributed by atoms with van der Waals surface area (Å²) >= 11 is 0. The zero-order chi connectivity index (χ0) is 19.1. The highest BCUT2D eigenvalue weighted by Crippen LogP contribution is 2.38. The van der Waals surface area contributed by atoms with Crippen LogP contribution in [0.25, 0.3) is 0 Å². The molecule has 8 nitrogen and oxygen atoms in total. The highest BCUT2D eigenvalue weighted by molar-refractivity contribution is 6.07. The number of anilines is 1. The van der Waals surface area contributed by atoms with Crippen LogP contribution < -0.4 is 10.6 Å². The lowest BCUT2D eigenvalue weighted by atomic mass is 9.85. The molecule has 1 aromatic heterocycles. The highest BCUT2D eigenvalue weighted by atomic mass is 16.2. The molecule has 0 bridgehead atoms. The number of urea groups is 1. The predicted octanol–water partition coefficient (Wildman–Crippen LogP) is 1.07. The molecule has 4 amide bonds. The lowest BCUT2D eigenvalue weighted by Crippen LogP contribution is -2.57. The zero-order valence-corrected chi connectivity index (χ0v) is 15.4. The Bertz CT molecular complexity index is 723. The molecule has 3 rings (SSSR count). The van der Waals surface area contributed by atoms with Crippen LogP contribution in [0.5, 0.6) is 0 Å². The average Bonchev–Trinajstić information content (AvgIpc) is 2.78. The summed E-state index contributed by atoms with van der Waals surface area (Å²) in [5.41, 5.74) is 4.86. The number of carbonyl (C=O) groups is 3. The van der Waals surface area contributed by atoms with Gasteiger partial charge in [0.2, 0.25) is 5.91 Å². The van der Waals surface area contributed by atoms with Crippen molar-refractivity contribution in [1.82, 2.24) is 14.8 Å². The lowest BCUT2D eigenvalue weighted by Gasteiger charge is -2.43. The first kappa shape index (κ1) is 18.2. The number of hydrogen-bond acceptors (Lipinski definition) is 5. The molecule has 2 saturated heterocycles. The standard InChI is InChI=1S/C18H25N5O3/c1-12(2)11-23-17(26)21(3)16(25)18(23)6-8-22(9-7-18)14-5-4-13(10-20-14)15(19)24/h4-5,10,12H,6-9,11H2,1-3H3,(H2,19,24). The van der Waals surface area contributed by atoms with Crippen LogP contribution in [0.3, 0.4) is 0 Å². The van der Waals surface area contributed by atoms with E-state index in [1.54, 1.807) is 24.1 Å². The number of pyridine rings is 1. The Kier molecular flexibility index (Phi) is 4.60. The Labute approximate surface area is 152 Å². The maximum atomic E-state index is 12.8. The van der Waals surface area contributed by atoms with Gasteiger partial charge in [0, 0.05) is 32.9 Å². The van der Waals surface area contributed by atoms with Crippen molar-refractivity contribution in [3.8, 4) is 0 Å². The number of carbonyl (C=O) groups excluding carboxylic acids is 3. The minimum absolute atomic E-state index is 0.111. The van der Waals surface area contributed by atoms with Crippen molar-refractivity contribution < 1.29 is 14.4 Å². The quantitative estimate of drug-likeness (QED) is 0.811. The number of aromatic nitrogens is 1. The molecule has 2 aliphatic rings. The van der Waals surface area contributed by atoms with Gasteiger partial charge in [-0.25, -0.2) is 9.78 Å². The monoisotopic (exact) mass is 359 g/mol. The first-order chi connectivity index (χ1) is 12.3. The second-order valence-corrected chi connectivity index (χ2v) is 7.44. The van der Waals surface area contributed by atoms with Gasteiger partial charge in [-0.05, 0) is 30.9 Å². The predicted molar refractivity (Wildman–Crippen MR) is 96.6 cm³/mol. The van der Waals surface area contributed by atoms with Gasteiger partial charge in [0.25, 0.3) is 5.91 Å². The van der Waals surface area contributed by atoms with Crippen LogP contribution in [-0.2, 0) is 4.79 Å². The molecule has 3 heterocycles. The molecule has 0 radical (unpaired) electrons. The number of hydrogen-bond donors (Lipinski definition) is 1. The largest absolute Gasteiger partial charge is 0.366 e. The molecule has 0 aromatic carbocycles. The number of rotatable bonds is 4. The molecule has 0 aliphatic carbocycles. The van der Waals surface area contributed by atoms with Crippen LogP contribution in [-0.4, -0.2) is 64.9 Å². The van der Waals surface area contributed by atoms with Crippen molar-refractivity contribution in [3.63, 3.8) is 0 Å². The van der Waals surface area contributed by atoms with Crippen molar-refractivity contribution in [2.24, 2.45) is 11.7 Å². The van der Waals surface area contributed by atoms with Crippen LogP contribution in [0.15, 0.2) is 18.3 Å². The Morgan fingerprint density at radius 1 is 1.27 bits per heavy atom. The van der Waals surface area contributed by atoms with Gasteiger partial charge in [0.05, 0.1) is 5.56 Å². The second-order valence-electron chi connectivity index (χ2n) is 7.44. The fraction of sp³-hybridized carbons (Fsp3) is 0.556. The molecule has 2 aliphatic heterocycles. The Hall–Kier alpha value is -2.64. The maximum absolute atomic E-state index is 12.8. The van der Waals surface area contributed by atoms with Gasteiger partial charge in [-0.3, -0.25) is 14.5 Å². The number of imide groups is 1. The van der Waals surface area contributed by atoms with Gasteiger partial charge in [0.15, 0.2) is 0 Å². The first-order valence-corrected chi connectivity index (χ1v) is 8.87. The van der Waals surface area contributed by atoms with Gasteiger partial charge in [-0.15, -0.1) is 0 Å². The SMILES string of the molecule is CC(C)CN1C(=O)N(C)C(=O)C12CCN(c1ccc(C(N)=O)cn1)CC2. The Morgan fingerprint density at radius 2 is 1.92 bits per heavy atom. The van der Waals surface area contributed by atoms with E-state index >= 15 is 0 Å². The fourth-order valence-corrected chi connectivity index (χ4v) is 3.81. The third-order valence-electron chi connectivity index (χ3n) is 5.23. The molecule has 0 atom stereocenters. The van der Waals surface area contributed by atoms with E-state index < -0.39 is 11.4 Å². The van der Waals surface area contributed by atoms with Crippen LogP contribution in [0.2, 0.25) is 0 Å². The third-order valence-corrected chi connectivity index (χ3v) is 5.23. The molecular weight excluding hydrogens is 334 g/mol. The average molecular weight is 359 g/mol. The number of likely N-dealkylation sites (N-methyl/N-ethyl adjacent to an activating group) is 1. The summed E-state index contributed by atoms with van der Waals surface area (Å²) < 4.78 is 0. The van der Waals surface area contributed by atoms with Gasteiger partial charge in [0.1, 0.15) is 11.4 Å². The molecule has 1 aromatic rings. The van der Waals surface area contributed by atoms with Gasteiger partial charge < -0.3 is 15.5 Å². The molecule has 2 N–H and O–H groups in total. The summed E-state index contributed by atoms with van der Waals surface area (Å²) in [6.45, 7) is 5.89. The van der Waals surface area contributed by atoms with Gasteiger partial charge in [-0.2, -0.15) is 0 Å². The third kappa shape index (κ3) is 2.89. The van der Waals surface area contributed by atoms with Gasteiger partial charge in [-0.1, -0.05) is 13.8 Å². The number of nitrogens with two attached hydrogens (primary N) is 1. The normalized spacial score (nSPS) is 19.8.